The third kappa shape index (κ3) is 5.21. The van der Waals surface area contributed by atoms with Gasteiger partial charge in [-0.2, -0.15) is 0 Å². The van der Waals surface area contributed by atoms with E-state index in [1.165, 1.54) is 4.90 Å². The van der Waals surface area contributed by atoms with Crippen LogP contribution in [0.3, 0.4) is 0 Å². The first-order valence-electron chi connectivity index (χ1n) is 11.6. The minimum absolute atomic E-state index is 0.0769. The molecule has 3 aromatic rings. The van der Waals surface area contributed by atoms with Crippen molar-refractivity contribution in [2.75, 3.05) is 6.54 Å². The lowest BCUT2D eigenvalue weighted by atomic mass is 9.91. The molecule has 1 saturated heterocycles. The number of β-amino-alcohol motifs (C(OH)–C–C–N with tert-alkyl or cyclic N) is 1. The van der Waals surface area contributed by atoms with Gasteiger partial charge >= 0.3 is 0 Å². The summed E-state index contributed by atoms with van der Waals surface area (Å²) in [5, 5.41) is 17.1. The monoisotopic (exact) mass is 494 g/mol. The van der Waals surface area contributed by atoms with Crippen LogP contribution in [0.1, 0.15) is 48.9 Å². The highest BCUT2D eigenvalue weighted by molar-refractivity contribution is 7.13. The molecule has 3 heterocycles. The van der Waals surface area contributed by atoms with Gasteiger partial charge in [0.15, 0.2) is 0 Å². The Balaban J connectivity index is 1.48. The zero-order chi connectivity index (χ0) is 25.3. The average Bonchev–Trinajstić information content (AvgIpc) is 3.53. The molecule has 2 amide bonds. The summed E-state index contributed by atoms with van der Waals surface area (Å²) in [7, 11) is 0. The van der Waals surface area contributed by atoms with Gasteiger partial charge in [-0.1, -0.05) is 49.8 Å². The number of likely N-dealkylation sites (tertiary alicyclic amines) is 1. The number of amides is 2. The van der Waals surface area contributed by atoms with E-state index >= 15 is 0 Å². The van der Waals surface area contributed by atoms with Crippen LogP contribution in [0.15, 0.2) is 46.9 Å². The molecule has 0 bridgehead atoms. The van der Waals surface area contributed by atoms with E-state index in [1.54, 1.807) is 24.3 Å². The predicted octanol–water partition coefficient (Wildman–Crippen LogP) is 3.90. The fourth-order valence-electron chi connectivity index (χ4n) is 4.46. The lowest BCUT2D eigenvalue weighted by Gasteiger charge is -2.28. The molecule has 0 unspecified atom stereocenters. The Morgan fingerprint density at radius 1 is 1.26 bits per heavy atom. The smallest absolute Gasteiger partial charge is 0.247 e. The van der Waals surface area contributed by atoms with E-state index in [2.05, 4.69) is 22.0 Å². The fraction of sp³-hybridized carbons (Fsp3) is 0.385. The quantitative estimate of drug-likeness (QED) is 0.516. The van der Waals surface area contributed by atoms with Crippen molar-refractivity contribution in [3.8, 4) is 10.4 Å². The number of nitrogens with one attached hydrogen (secondary N) is 1. The number of rotatable bonds is 7. The first kappa shape index (κ1) is 24.8. The lowest BCUT2D eigenvalue weighted by molar-refractivity contribution is -0.140. The largest absolute Gasteiger partial charge is 0.391 e. The van der Waals surface area contributed by atoms with Crippen molar-refractivity contribution in [2.45, 2.75) is 52.2 Å². The number of carbonyl (C=O) groups is 2. The van der Waals surface area contributed by atoms with Crippen LogP contribution in [-0.2, 0) is 9.59 Å². The Bertz CT molecular complexity index is 1230. The number of nitrogens with zero attached hydrogens (tertiary/aromatic N) is 3. The van der Waals surface area contributed by atoms with Gasteiger partial charge in [-0.15, -0.1) is 11.3 Å². The summed E-state index contributed by atoms with van der Waals surface area (Å²) in [6, 6.07) is 8.65. The molecule has 1 fully saturated rings. The van der Waals surface area contributed by atoms with E-state index in [-0.39, 0.29) is 30.7 Å². The maximum absolute atomic E-state index is 13.5. The highest BCUT2D eigenvalue weighted by atomic mass is 32.1. The summed E-state index contributed by atoms with van der Waals surface area (Å²) in [6.07, 6.45) is -0.622. The van der Waals surface area contributed by atoms with Crippen LogP contribution in [0, 0.1) is 19.8 Å². The molecular formula is C26H30N4O4S. The number of carbonyl (C=O) groups excluding carboxylic acids is 2. The molecular weight excluding hydrogens is 464 g/mol. The van der Waals surface area contributed by atoms with Crippen molar-refractivity contribution < 1.29 is 19.2 Å². The van der Waals surface area contributed by atoms with E-state index in [4.69, 9.17) is 4.52 Å². The molecule has 1 aliphatic rings. The second-order valence-corrected chi connectivity index (χ2v) is 10.2. The number of aryl methyl sites for hydroxylation is 2. The molecule has 0 spiro atoms. The lowest BCUT2D eigenvalue weighted by Crippen LogP contribution is -2.47. The van der Waals surface area contributed by atoms with Crippen LogP contribution in [0.5, 0.6) is 0 Å². The Labute approximate surface area is 208 Å². The molecule has 0 radical (unpaired) electrons. The zero-order valence-electron chi connectivity index (χ0n) is 20.3. The first-order valence-corrected chi connectivity index (χ1v) is 12.5. The van der Waals surface area contributed by atoms with E-state index in [1.807, 2.05) is 50.5 Å². The standard InChI is InChI=1S/C26H30N4O4S/c1-14(2)23(22-10-15(3)29-34-22)26(33)30-12-20(31)11-21(30)25(32)28-16(4)18-6-8-19(9-7-18)24-17(5)27-13-35-24/h6-10,13-14,20-21,23,31H,4,11-12H2,1-3,5H3,(H,28,32)/t20-,21+,23-/m1/s1. The number of aliphatic hydroxyl groups is 1. The maximum atomic E-state index is 13.5. The van der Waals surface area contributed by atoms with Crippen LogP contribution >= 0.6 is 11.3 Å². The van der Waals surface area contributed by atoms with E-state index in [0.717, 1.165) is 21.7 Å². The molecule has 8 nitrogen and oxygen atoms in total. The van der Waals surface area contributed by atoms with Crippen LogP contribution in [0.25, 0.3) is 16.1 Å². The highest BCUT2D eigenvalue weighted by Gasteiger charge is 2.43. The van der Waals surface area contributed by atoms with E-state index < -0.39 is 18.1 Å². The Kier molecular flexibility index (Phi) is 7.18. The van der Waals surface area contributed by atoms with Crippen LogP contribution in [-0.4, -0.2) is 50.7 Å². The van der Waals surface area contributed by atoms with Crippen molar-refractivity contribution in [1.82, 2.24) is 20.4 Å². The molecule has 0 saturated carbocycles. The van der Waals surface area contributed by atoms with Gasteiger partial charge in [0.2, 0.25) is 11.8 Å². The van der Waals surface area contributed by atoms with Gasteiger partial charge in [0, 0.05) is 24.7 Å². The number of thiazole rings is 1. The van der Waals surface area contributed by atoms with Crippen molar-refractivity contribution in [1.29, 1.82) is 0 Å². The Morgan fingerprint density at radius 2 is 1.97 bits per heavy atom. The topological polar surface area (TPSA) is 109 Å². The second-order valence-electron chi connectivity index (χ2n) is 9.30. The van der Waals surface area contributed by atoms with E-state index in [9.17, 15) is 14.7 Å². The molecule has 4 rings (SSSR count). The third-order valence-corrected chi connectivity index (χ3v) is 7.24. The Hall–Kier alpha value is -3.30. The summed E-state index contributed by atoms with van der Waals surface area (Å²) >= 11 is 1.58. The van der Waals surface area contributed by atoms with Gasteiger partial charge < -0.3 is 19.8 Å². The van der Waals surface area contributed by atoms with Crippen LogP contribution in [0.4, 0.5) is 0 Å². The fourth-order valence-corrected chi connectivity index (χ4v) is 5.27. The van der Waals surface area contributed by atoms with Crippen LogP contribution < -0.4 is 5.32 Å². The molecule has 184 valence electrons. The van der Waals surface area contributed by atoms with Gasteiger partial charge in [0.25, 0.3) is 0 Å². The van der Waals surface area contributed by atoms with Gasteiger partial charge in [-0.25, -0.2) is 4.98 Å². The number of hydrogen-bond donors (Lipinski definition) is 2. The highest BCUT2D eigenvalue weighted by Crippen LogP contribution is 2.32. The normalized spacial score (nSPS) is 18.6. The molecule has 1 aliphatic heterocycles. The molecule has 2 aromatic heterocycles. The Morgan fingerprint density at radius 3 is 2.54 bits per heavy atom. The predicted molar refractivity (Wildman–Crippen MR) is 134 cm³/mol. The van der Waals surface area contributed by atoms with Crippen LogP contribution in [0.2, 0.25) is 0 Å². The molecule has 2 N–H and O–H groups in total. The summed E-state index contributed by atoms with van der Waals surface area (Å²) in [5.74, 6) is -0.847. The van der Waals surface area contributed by atoms with Crippen molar-refractivity contribution in [3.63, 3.8) is 0 Å². The summed E-state index contributed by atoms with van der Waals surface area (Å²) in [6.45, 7) is 11.7. The minimum atomic E-state index is -0.807. The number of aromatic nitrogens is 2. The molecule has 3 atom stereocenters. The molecule has 35 heavy (non-hydrogen) atoms. The SMILES string of the molecule is C=C(NC(=O)[C@@H]1C[C@@H](O)CN1C(=O)[C@@H](c1cc(C)no1)C(C)C)c1ccc(-c2scnc2C)cc1. The third-order valence-electron chi connectivity index (χ3n) is 6.27. The zero-order valence-corrected chi connectivity index (χ0v) is 21.1. The first-order chi connectivity index (χ1) is 16.7. The van der Waals surface area contributed by atoms with Crippen molar-refractivity contribution in [3.05, 3.63) is 65.1 Å². The maximum Gasteiger partial charge on any atom is 0.247 e. The summed E-state index contributed by atoms with van der Waals surface area (Å²) in [4.78, 5) is 33.5. The van der Waals surface area contributed by atoms with Crippen molar-refractivity contribution >= 4 is 28.8 Å². The summed E-state index contributed by atoms with van der Waals surface area (Å²) in [5.41, 5.74) is 5.71. The molecule has 0 aliphatic carbocycles. The number of hydrogen-bond acceptors (Lipinski definition) is 7. The second kappa shape index (κ2) is 10.1. The van der Waals surface area contributed by atoms with Gasteiger partial charge in [-0.05, 0) is 30.9 Å². The van der Waals surface area contributed by atoms with Crippen molar-refractivity contribution in [2.24, 2.45) is 5.92 Å². The van der Waals surface area contributed by atoms with Gasteiger partial charge in [0.05, 0.1) is 27.9 Å². The minimum Gasteiger partial charge on any atom is -0.391 e. The van der Waals surface area contributed by atoms with E-state index in [0.29, 0.717) is 17.2 Å². The molecule has 1 aromatic carbocycles. The van der Waals surface area contributed by atoms with Gasteiger partial charge in [0.1, 0.15) is 17.7 Å². The van der Waals surface area contributed by atoms with Gasteiger partial charge in [-0.3, -0.25) is 9.59 Å². The summed E-state index contributed by atoms with van der Waals surface area (Å²) < 4.78 is 5.38. The number of benzene rings is 1. The number of aliphatic hydroxyl groups excluding tert-OH is 1. The average molecular weight is 495 g/mol. The molecule has 9 heteroatoms.